The molecular weight excluding hydrogens is 375 g/mol. The summed E-state index contributed by atoms with van der Waals surface area (Å²) in [6.45, 7) is 1.82. The molecule has 1 amide bonds. The highest BCUT2D eigenvalue weighted by Crippen LogP contribution is 2.21. The van der Waals surface area contributed by atoms with Crippen LogP contribution in [0.5, 0.6) is 5.88 Å². The maximum absolute atomic E-state index is 12.6. The Morgan fingerprint density at radius 2 is 1.93 bits per heavy atom. The number of rotatable bonds is 7. The van der Waals surface area contributed by atoms with E-state index in [0.717, 1.165) is 0 Å². The average molecular weight is 395 g/mol. The van der Waals surface area contributed by atoms with Crippen LogP contribution >= 0.6 is 0 Å². The first kappa shape index (κ1) is 21.3. The lowest BCUT2D eigenvalue weighted by atomic mass is 10.1. The third-order valence-electron chi connectivity index (χ3n) is 3.72. The zero-order chi connectivity index (χ0) is 20.9. The van der Waals surface area contributed by atoms with Gasteiger partial charge >= 0.3 is 6.18 Å². The molecule has 0 N–H and O–H groups in total. The van der Waals surface area contributed by atoms with Crippen molar-refractivity contribution in [2.45, 2.75) is 33.0 Å². The number of ketones is 1. The molecule has 0 saturated carbocycles. The van der Waals surface area contributed by atoms with Crippen molar-refractivity contribution < 1.29 is 27.5 Å². The first-order valence-corrected chi connectivity index (χ1v) is 8.40. The Labute approximate surface area is 160 Å². The second kappa shape index (κ2) is 8.81. The molecule has 2 aromatic rings. The van der Waals surface area contributed by atoms with Crippen LogP contribution in [0.15, 0.2) is 30.6 Å². The van der Waals surface area contributed by atoms with E-state index in [1.807, 2.05) is 0 Å². The van der Waals surface area contributed by atoms with Crippen molar-refractivity contribution in [3.63, 3.8) is 0 Å². The molecule has 0 bridgehead atoms. The minimum atomic E-state index is -4.44. The van der Waals surface area contributed by atoms with E-state index in [0.29, 0.717) is 22.4 Å². The molecule has 0 radical (unpaired) electrons. The van der Waals surface area contributed by atoms with E-state index < -0.39 is 12.8 Å². The quantitative estimate of drug-likeness (QED) is 0.720. The summed E-state index contributed by atoms with van der Waals surface area (Å²) < 4.78 is 41.4. The Morgan fingerprint density at radius 3 is 2.54 bits per heavy atom. The molecule has 28 heavy (non-hydrogen) atoms. The van der Waals surface area contributed by atoms with Gasteiger partial charge < -0.3 is 9.64 Å². The standard InChI is InChI=1S/C19H20F3N3O3/c1-12-6-14(9-24-17(12)28-11-19(20,21)22)10-25(3)18(27)15-4-5-23-16(8-15)7-13(2)26/h4-6,8-9H,7,10-11H2,1-3H3. The number of carbonyl (C=O) groups is 2. The number of amides is 1. The lowest BCUT2D eigenvalue weighted by Crippen LogP contribution is -2.26. The molecule has 9 heteroatoms. The van der Waals surface area contributed by atoms with E-state index in [1.54, 1.807) is 32.2 Å². The first-order valence-electron chi connectivity index (χ1n) is 8.40. The number of Topliss-reactive ketones (excluding diaryl/α,β-unsaturated/α-hetero) is 1. The van der Waals surface area contributed by atoms with Crippen LogP contribution in [0.1, 0.15) is 34.1 Å². The molecule has 0 aliphatic rings. The number of hydrogen-bond donors (Lipinski definition) is 0. The normalized spacial score (nSPS) is 11.2. The van der Waals surface area contributed by atoms with Gasteiger partial charge in [0.1, 0.15) is 5.78 Å². The zero-order valence-corrected chi connectivity index (χ0v) is 15.7. The van der Waals surface area contributed by atoms with Gasteiger partial charge in [-0.15, -0.1) is 0 Å². The van der Waals surface area contributed by atoms with Crippen LogP contribution in [0.4, 0.5) is 13.2 Å². The number of hydrogen-bond acceptors (Lipinski definition) is 5. The van der Waals surface area contributed by atoms with Gasteiger partial charge in [0, 0.05) is 49.2 Å². The van der Waals surface area contributed by atoms with Gasteiger partial charge in [-0.1, -0.05) is 0 Å². The zero-order valence-electron chi connectivity index (χ0n) is 15.7. The highest BCUT2D eigenvalue weighted by molar-refractivity contribution is 5.94. The van der Waals surface area contributed by atoms with E-state index >= 15 is 0 Å². The molecule has 0 atom stereocenters. The van der Waals surface area contributed by atoms with E-state index in [2.05, 4.69) is 14.7 Å². The maximum Gasteiger partial charge on any atom is 0.422 e. The van der Waals surface area contributed by atoms with Crippen molar-refractivity contribution in [3.8, 4) is 5.88 Å². The Morgan fingerprint density at radius 1 is 1.21 bits per heavy atom. The van der Waals surface area contributed by atoms with Gasteiger partial charge in [-0.25, -0.2) is 4.98 Å². The molecule has 2 rings (SSSR count). The predicted molar refractivity (Wildman–Crippen MR) is 94.9 cm³/mol. The molecular formula is C19H20F3N3O3. The van der Waals surface area contributed by atoms with Gasteiger partial charge in [-0.3, -0.25) is 14.6 Å². The number of alkyl halides is 3. The fourth-order valence-corrected chi connectivity index (χ4v) is 2.54. The Hall–Kier alpha value is -2.97. The molecule has 2 aromatic heterocycles. The highest BCUT2D eigenvalue weighted by atomic mass is 19.4. The van der Waals surface area contributed by atoms with E-state index in [-0.39, 0.29) is 30.5 Å². The summed E-state index contributed by atoms with van der Waals surface area (Å²) in [4.78, 5) is 33.2. The number of aromatic nitrogens is 2. The number of nitrogens with zero attached hydrogens (tertiary/aromatic N) is 3. The molecule has 0 fully saturated rings. The Kier molecular flexibility index (Phi) is 6.71. The SMILES string of the molecule is CC(=O)Cc1cc(C(=O)N(C)Cc2cnc(OCC(F)(F)F)c(C)c2)ccn1. The van der Waals surface area contributed by atoms with Crippen molar-refractivity contribution in [3.05, 3.63) is 53.0 Å². The topological polar surface area (TPSA) is 72.4 Å². The third kappa shape index (κ3) is 6.33. The summed E-state index contributed by atoms with van der Waals surface area (Å²) >= 11 is 0. The Balaban J connectivity index is 2.06. The fraction of sp³-hybridized carbons (Fsp3) is 0.368. The van der Waals surface area contributed by atoms with Crippen LogP contribution < -0.4 is 4.74 Å². The van der Waals surface area contributed by atoms with Crippen LogP contribution in [0, 0.1) is 6.92 Å². The monoisotopic (exact) mass is 395 g/mol. The highest BCUT2D eigenvalue weighted by Gasteiger charge is 2.29. The average Bonchev–Trinajstić information content (AvgIpc) is 2.59. The maximum atomic E-state index is 12.6. The number of carbonyl (C=O) groups excluding carboxylic acids is 2. The molecule has 150 valence electrons. The molecule has 2 heterocycles. The molecule has 6 nitrogen and oxygen atoms in total. The molecule has 0 aliphatic carbocycles. The molecule has 0 aromatic carbocycles. The van der Waals surface area contributed by atoms with Crippen molar-refractivity contribution in [1.82, 2.24) is 14.9 Å². The lowest BCUT2D eigenvalue weighted by molar-refractivity contribution is -0.154. The van der Waals surface area contributed by atoms with Gasteiger partial charge in [0.15, 0.2) is 6.61 Å². The van der Waals surface area contributed by atoms with Crippen molar-refractivity contribution in [2.24, 2.45) is 0 Å². The Bertz CT molecular complexity index is 869. The van der Waals surface area contributed by atoms with Crippen LogP contribution in [-0.2, 0) is 17.8 Å². The van der Waals surface area contributed by atoms with Gasteiger partial charge in [0.05, 0.1) is 0 Å². The minimum Gasteiger partial charge on any atom is -0.468 e. The molecule has 0 saturated heterocycles. The van der Waals surface area contributed by atoms with Crippen LogP contribution in [0.25, 0.3) is 0 Å². The summed E-state index contributed by atoms with van der Waals surface area (Å²) in [5, 5.41) is 0. The summed E-state index contributed by atoms with van der Waals surface area (Å²) in [7, 11) is 1.59. The van der Waals surface area contributed by atoms with E-state index in [9.17, 15) is 22.8 Å². The van der Waals surface area contributed by atoms with Gasteiger partial charge in [-0.05, 0) is 37.6 Å². The summed E-state index contributed by atoms with van der Waals surface area (Å²) in [5.74, 6) is -0.430. The van der Waals surface area contributed by atoms with Crippen LogP contribution in [0.3, 0.4) is 0 Å². The van der Waals surface area contributed by atoms with Crippen LogP contribution in [-0.4, -0.2) is 46.4 Å². The van der Waals surface area contributed by atoms with Gasteiger partial charge in [0.2, 0.25) is 5.88 Å². The lowest BCUT2D eigenvalue weighted by Gasteiger charge is -2.18. The van der Waals surface area contributed by atoms with Gasteiger partial charge in [0.25, 0.3) is 5.91 Å². The smallest absolute Gasteiger partial charge is 0.422 e. The third-order valence-corrected chi connectivity index (χ3v) is 3.72. The second-order valence-corrected chi connectivity index (χ2v) is 6.45. The molecule has 0 spiro atoms. The van der Waals surface area contributed by atoms with Crippen molar-refractivity contribution >= 4 is 11.7 Å². The van der Waals surface area contributed by atoms with Crippen molar-refractivity contribution in [1.29, 1.82) is 0 Å². The summed E-state index contributed by atoms with van der Waals surface area (Å²) in [6, 6.07) is 4.74. The van der Waals surface area contributed by atoms with E-state index in [4.69, 9.17) is 0 Å². The number of ether oxygens (including phenoxy) is 1. The number of pyridine rings is 2. The van der Waals surface area contributed by atoms with E-state index in [1.165, 1.54) is 24.2 Å². The molecule has 0 aliphatic heterocycles. The number of halogens is 3. The second-order valence-electron chi connectivity index (χ2n) is 6.45. The minimum absolute atomic E-state index is 0.0557. The summed E-state index contributed by atoms with van der Waals surface area (Å²) in [5.41, 5.74) is 1.99. The van der Waals surface area contributed by atoms with Crippen molar-refractivity contribution in [2.75, 3.05) is 13.7 Å². The van der Waals surface area contributed by atoms with Crippen LogP contribution in [0.2, 0.25) is 0 Å². The molecule has 0 unspecified atom stereocenters. The predicted octanol–water partition coefficient (Wildman–Crippen LogP) is 3.13. The summed E-state index contributed by atoms with van der Waals surface area (Å²) in [6.07, 6.45) is -1.45. The first-order chi connectivity index (χ1) is 13.0. The fourth-order valence-electron chi connectivity index (χ4n) is 2.54. The largest absolute Gasteiger partial charge is 0.468 e. The number of aryl methyl sites for hydroxylation is 1. The van der Waals surface area contributed by atoms with Gasteiger partial charge in [-0.2, -0.15) is 13.2 Å².